The fourth-order valence-electron chi connectivity index (χ4n) is 2.52. The van der Waals surface area contributed by atoms with Gasteiger partial charge in [-0.3, -0.25) is 0 Å². The zero-order valence-electron chi connectivity index (χ0n) is 15.7. The summed E-state index contributed by atoms with van der Waals surface area (Å²) in [5.41, 5.74) is 0.911. The van der Waals surface area contributed by atoms with Gasteiger partial charge in [0.2, 0.25) is 0 Å². The molecule has 0 fully saturated rings. The van der Waals surface area contributed by atoms with Gasteiger partial charge in [-0.1, -0.05) is 48.5 Å². The molecule has 0 aromatic heterocycles. The Hall–Kier alpha value is -2.04. The van der Waals surface area contributed by atoms with Gasteiger partial charge >= 0.3 is 6.09 Å². The van der Waals surface area contributed by atoms with Crippen molar-refractivity contribution in [3.05, 3.63) is 66.2 Å². The highest BCUT2D eigenvalue weighted by atomic mass is 35.5. The molecule has 0 saturated carbocycles. The first-order valence-corrected chi connectivity index (χ1v) is 9.15. The van der Waals surface area contributed by atoms with Gasteiger partial charge in [-0.2, -0.15) is 0 Å². The van der Waals surface area contributed by atoms with Crippen molar-refractivity contribution >= 4 is 23.4 Å². The van der Waals surface area contributed by atoms with E-state index >= 15 is 0 Å². The average molecular weight is 376 g/mol. The van der Waals surface area contributed by atoms with E-state index in [1.165, 1.54) is 4.90 Å². The molecule has 0 bridgehead atoms. The maximum Gasteiger partial charge on any atom is 0.417 e. The van der Waals surface area contributed by atoms with Crippen molar-refractivity contribution < 1.29 is 14.3 Å². The van der Waals surface area contributed by atoms with Crippen molar-refractivity contribution in [2.24, 2.45) is 0 Å². The van der Waals surface area contributed by atoms with Crippen molar-refractivity contribution in [3.8, 4) is 0 Å². The first-order chi connectivity index (χ1) is 12.3. The normalized spacial score (nSPS) is 13.7. The van der Waals surface area contributed by atoms with E-state index in [-0.39, 0.29) is 0 Å². The first kappa shape index (κ1) is 20.3. The highest BCUT2D eigenvalue weighted by molar-refractivity contribution is 6.21. The smallest absolute Gasteiger partial charge is 0.417 e. The fraction of sp³-hybridized carbons (Fsp3) is 0.381. The Morgan fingerprint density at radius 3 is 2.08 bits per heavy atom. The van der Waals surface area contributed by atoms with Crippen LogP contribution in [0.1, 0.15) is 38.6 Å². The molecule has 0 aliphatic carbocycles. The Morgan fingerprint density at radius 1 is 1.04 bits per heavy atom. The molecular weight excluding hydrogens is 350 g/mol. The van der Waals surface area contributed by atoms with E-state index in [0.717, 1.165) is 5.56 Å². The summed E-state index contributed by atoms with van der Waals surface area (Å²) in [5.74, 6) is 0. The molecule has 2 atom stereocenters. The van der Waals surface area contributed by atoms with E-state index in [2.05, 4.69) is 0 Å². The molecule has 2 aromatic carbocycles. The van der Waals surface area contributed by atoms with Crippen LogP contribution in [-0.2, 0) is 9.47 Å². The third-order valence-electron chi connectivity index (χ3n) is 3.58. The minimum atomic E-state index is -0.707. The highest BCUT2D eigenvalue weighted by Gasteiger charge is 2.35. The molecule has 0 heterocycles. The number of hydrogen-bond donors (Lipinski definition) is 0. The maximum atomic E-state index is 13.0. The van der Waals surface area contributed by atoms with E-state index in [4.69, 9.17) is 21.1 Å². The summed E-state index contributed by atoms with van der Waals surface area (Å²) in [5, 5.41) is -0.552. The summed E-state index contributed by atoms with van der Waals surface area (Å²) >= 11 is 6.74. The molecule has 140 valence electrons. The molecule has 4 nitrogen and oxygen atoms in total. The number of para-hydroxylation sites is 1. The monoisotopic (exact) mass is 375 g/mol. The van der Waals surface area contributed by atoms with Crippen LogP contribution in [0.4, 0.5) is 10.5 Å². The topological polar surface area (TPSA) is 38.8 Å². The number of rotatable bonds is 6. The number of alkyl halides is 1. The summed E-state index contributed by atoms with van der Waals surface area (Å²) in [6, 6.07) is 18.9. The molecule has 0 aliphatic heterocycles. The SMILES string of the molecule is CCO[C@H]([C@H](Cl)c1ccccc1)N(C(=O)OC(C)(C)C)c1ccccc1. The molecule has 0 aliphatic rings. The number of hydrogen-bond acceptors (Lipinski definition) is 3. The number of nitrogens with zero attached hydrogens (tertiary/aromatic N) is 1. The molecule has 26 heavy (non-hydrogen) atoms. The predicted molar refractivity (Wildman–Crippen MR) is 106 cm³/mol. The second kappa shape index (κ2) is 9.06. The van der Waals surface area contributed by atoms with Crippen LogP contribution in [0, 0.1) is 0 Å². The van der Waals surface area contributed by atoms with E-state index in [0.29, 0.717) is 12.3 Å². The number of carbonyl (C=O) groups excluding carboxylic acids is 1. The van der Waals surface area contributed by atoms with Crippen LogP contribution in [-0.4, -0.2) is 24.5 Å². The fourth-order valence-corrected chi connectivity index (χ4v) is 2.85. The molecule has 2 rings (SSSR count). The lowest BCUT2D eigenvalue weighted by atomic mass is 10.1. The van der Waals surface area contributed by atoms with Crippen LogP contribution in [0.2, 0.25) is 0 Å². The van der Waals surface area contributed by atoms with Crippen LogP contribution in [0.15, 0.2) is 60.7 Å². The number of carbonyl (C=O) groups is 1. The molecule has 1 amide bonds. The van der Waals surface area contributed by atoms with Crippen molar-refractivity contribution in [1.82, 2.24) is 0 Å². The van der Waals surface area contributed by atoms with Gasteiger partial charge in [0.25, 0.3) is 0 Å². The first-order valence-electron chi connectivity index (χ1n) is 8.71. The molecule has 0 spiro atoms. The lowest BCUT2D eigenvalue weighted by molar-refractivity contribution is 0.0262. The van der Waals surface area contributed by atoms with E-state index in [1.807, 2.05) is 88.4 Å². The van der Waals surface area contributed by atoms with Gasteiger partial charge in [0, 0.05) is 12.3 Å². The Bertz CT molecular complexity index is 685. The molecular formula is C21H26ClNO3. The standard InChI is InChI=1S/C21H26ClNO3/c1-5-25-19(18(22)16-12-8-6-9-13-16)23(17-14-10-7-11-15-17)20(24)26-21(2,3)4/h6-15,18-19H,5H2,1-4H3/t18-,19-/m1/s1. The molecule has 0 saturated heterocycles. The van der Waals surface area contributed by atoms with Crippen LogP contribution in [0.5, 0.6) is 0 Å². The summed E-state index contributed by atoms with van der Waals surface area (Å²) in [4.78, 5) is 14.5. The van der Waals surface area contributed by atoms with Crippen LogP contribution in [0.25, 0.3) is 0 Å². The van der Waals surface area contributed by atoms with E-state index in [9.17, 15) is 4.79 Å². The zero-order valence-corrected chi connectivity index (χ0v) is 16.4. The third kappa shape index (κ3) is 5.48. The minimum absolute atomic E-state index is 0.410. The summed E-state index contributed by atoms with van der Waals surface area (Å²) < 4.78 is 11.5. The van der Waals surface area contributed by atoms with Gasteiger partial charge < -0.3 is 9.47 Å². The van der Waals surface area contributed by atoms with Crippen molar-refractivity contribution in [2.45, 2.75) is 44.9 Å². The number of amides is 1. The maximum absolute atomic E-state index is 13.0. The largest absolute Gasteiger partial charge is 0.443 e. The third-order valence-corrected chi connectivity index (χ3v) is 4.05. The zero-order chi connectivity index (χ0) is 19.2. The molecule has 2 aromatic rings. The lowest BCUT2D eigenvalue weighted by Gasteiger charge is -2.35. The Morgan fingerprint density at radius 2 is 1.58 bits per heavy atom. The van der Waals surface area contributed by atoms with E-state index in [1.54, 1.807) is 0 Å². The second-order valence-corrected chi connectivity index (χ2v) is 7.31. The van der Waals surface area contributed by atoms with Gasteiger partial charge in [0.15, 0.2) is 6.23 Å². The van der Waals surface area contributed by atoms with Crippen LogP contribution in [0.3, 0.4) is 0 Å². The van der Waals surface area contributed by atoms with Gasteiger partial charge in [0.05, 0.1) is 0 Å². The highest BCUT2D eigenvalue weighted by Crippen LogP contribution is 2.32. The minimum Gasteiger partial charge on any atom is -0.443 e. The average Bonchev–Trinajstić information content (AvgIpc) is 2.61. The summed E-state index contributed by atoms with van der Waals surface area (Å²) in [6.45, 7) is 7.78. The van der Waals surface area contributed by atoms with Crippen molar-refractivity contribution in [2.75, 3.05) is 11.5 Å². The number of ether oxygens (including phenoxy) is 2. The summed E-state index contributed by atoms with van der Waals surface area (Å²) in [7, 11) is 0. The number of benzene rings is 2. The lowest BCUT2D eigenvalue weighted by Crippen LogP contribution is -2.47. The van der Waals surface area contributed by atoms with E-state index < -0.39 is 23.3 Å². The number of anilines is 1. The van der Waals surface area contributed by atoms with Crippen LogP contribution >= 0.6 is 11.6 Å². The van der Waals surface area contributed by atoms with Gasteiger partial charge in [-0.25, -0.2) is 9.69 Å². The van der Waals surface area contributed by atoms with Gasteiger partial charge in [-0.05, 0) is 45.4 Å². The molecule has 0 unspecified atom stereocenters. The van der Waals surface area contributed by atoms with Crippen molar-refractivity contribution in [3.63, 3.8) is 0 Å². The number of halogens is 1. The molecule has 0 N–H and O–H groups in total. The quantitative estimate of drug-likeness (QED) is 0.475. The molecule has 0 radical (unpaired) electrons. The Balaban J connectivity index is 2.43. The summed E-state index contributed by atoms with van der Waals surface area (Å²) in [6.07, 6.45) is -1.20. The van der Waals surface area contributed by atoms with Gasteiger partial charge in [-0.15, -0.1) is 11.6 Å². The predicted octanol–water partition coefficient (Wildman–Crippen LogP) is 5.77. The van der Waals surface area contributed by atoms with Crippen LogP contribution < -0.4 is 4.90 Å². The Kier molecular flexibility index (Phi) is 7.06. The second-order valence-electron chi connectivity index (χ2n) is 6.84. The molecule has 5 heteroatoms. The van der Waals surface area contributed by atoms with Crippen molar-refractivity contribution in [1.29, 1.82) is 0 Å². The van der Waals surface area contributed by atoms with Gasteiger partial charge in [0.1, 0.15) is 11.0 Å². The Labute approximate surface area is 160 Å².